The highest BCUT2D eigenvalue weighted by Crippen LogP contribution is 2.29. The Kier molecular flexibility index (Phi) is 4.29. The fourth-order valence-electron chi connectivity index (χ4n) is 3.64. The molecular weight excluding hydrogens is 324 g/mol. The maximum atomic E-state index is 11.7. The second-order valence-electron chi connectivity index (χ2n) is 6.71. The van der Waals surface area contributed by atoms with Crippen molar-refractivity contribution in [2.45, 2.75) is 19.8 Å². The number of pyridine rings is 1. The minimum absolute atomic E-state index is 0.0716. The molecule has 1 aromatic carbocycles. The first-order valence-corrected chi connectivity index (χ1v) is 8.95. The van der Waals surface area contributed by atoms with E-state index in [9.17, 15) is 4.79 Å². The number of aryl methyl sites for hydroxylation is 1. The van der Waals surface area contributed by atoms with Gasteiger partial charge >= 0.3 is 0 Å². The van der Waals surface area contributed by atoms with Crippen molar-refractivity contribution in [1.29, 1.82) is 0 Å². The largest absolute Gasteiger partial charge is 0.356 e. The predicted octanol–water partition coefficient (Wildman–Crippen LogP) is 3.29. The third kappa shape index (κ3) is 3.01. The lowest BCUT2D eigenvalue weighted by Crippen LogP contribution is -2.27. The van der Waals surface area contributed by atoms with Crippen LogP contribution in [0.3, 0.4) is 0 Å². The molecule has 3 heterocycles. The molecule has 0 saturated carbocycles. The van der Waals surface area contributed by atoms with E-state index in [4.69, 9.17) is 5.10 Å². The Labute approximate surface area is 153 Å². The molecular formula is C21H22N4O. The van der Waals surface area contributed by atoms with Crippen LogP contribution in [0.25, 0.3) is 11.3 Å². The fourth-order valence-corrected chi connectivity index (χ4v) is 3.64. The summed E-state index contributed by atoms with van der Waals surface area (Å²) in [5.41, 5.74) is 5.56. The van der Waals surface area contributed by atoms with Gasteiger partial charge in [-0.1, -0.05) is 30.3 Å². The van der Waals surface area contributed by atoms with Gasteiger partial charge in [-0.3, -0.25) is 9.48 Å². The maximum Gasteiger partial charge on any atom is 0.159 e. The van der Waals surface area contributed by atoms with Gasteiger partial charge in [-0.25, -0.2) is 4.98 Å². The number of benzene rings is 1. The highest BCUT2D eigenvalue weighted by molar-refractivity contribution is 5.94. The first-order chi connectivity index (χ1) is 12.6. The van der Waals surface area contributed by atoms with Gasteiger partial charge in [-0.05, 0) is 25.5 Å². The summed E-state index contributed by atoms with van der Waals surface area (Å²) in [6.07, 6.45) is 3.55. The van der Waals surface area contributed by atoms with Gasteiger partial charge in [-0.15, -0.1) is 0 Å². The first kappa shape index (κ1) is 16.5. The van der Waals surface area contributed by atoms with Crippen molar-refractivity contribution >= 4 is 11.6 Å². The van der Waals surface area contributed by atoms with E-state index in [2.05, 4.69) is 34.1 Å². The summed E-state index contributed by atoms with van der Waals surface area (Å²) in [5.74, 6) is 0.946. The monoisotopic (exact) mass is 346 g/mol. The molecule has 1 aliphatic rings. The summed E-state index contributed by atoms with van der Waals surface area (Å²) in [6, 6.07) is 14.0. The average Bonchev–Trinajstić information content (AvgIpc) is 2.84. The number of carbonyl (C=O) groups excluding carboxylic acids is 1. The quantitative estimate of drug-likeness (QED) is 0.683. The lowest BCUT2D eigenvalue weighted by Gasteiger charge is -2.21. The zero-order chi connectivity index (χ0) is 18.1. The third-order valence-corrected chi connectivity index (χ3v) is 5.05. The third-order valence-electron chi connectivity index (χ3n) is 5.05. The van der Waals surface area contributed by atoms with Crippen LogP contribution < -0.4 is 4.90 Å². The molecule has 0 radical (unpaired) electrons. The zero-order valence-electron chi connectivity index (χ0n) is 15.1. The summed E-state index contributed by atoms with van der Waals surface area (Å²) in [5, 5.41) is 4.78. The van der Waals surface area contributed by atoms with Gasteiger partial charge < -0.3 is 4.90 Å². The van der Waals surface area contributed by atoms with Gasteiger partial charge in [0, 0.05) is 55.1 Å². The molecule has 0 N–H and O–H groups in total. The average molecular weight is 346 g/mol. The number of hydrogen-bond donors (Lipinski definition) is 0. The van der Waals surface area contributed by atoms with Crippen LogP contribution in [-0.4, -0.2) is 33.6 Å². The number of nitrogens with zero attached hydrogens (tertiary/aromatic N) is 4. The number of anilines is 1. The van der Waals surface area contributed by atoms with Crippen LogP contribution in [0.4, 0.5) is 5.82 Å². The van der Waals surface area contributed by atoms with E-state index < -0.39 is 0 Å². The van der Waals surface area contributed by atoms with E-state index in [0.29, 0.717) is 5.56 Å². The van der Waals surface area contributed by atoms with Gasteiger partial charge in [0.15, 0.2) is 5.78 Å². The molecule has 0 unspecified atom stereocenters. The number of Topliss-reactive ketones (excluding diaryl/α,β-unsaturated/α-hetero) is 1. The molecule has 2 aromatic heterocycles. The SMILES string of the molecule is CC(=O)c1ccnc(N2CCc3c(-c4ccccc4)nn(C)c3CC2)c1. The normalized spacial score (nSPS) is 14.0. The van der Waals surface area contributed by atoms with Crippen molar-refractivity contribution in [3.63, 3.8) is 0 Å². The summed E-state index contributed by atoms with van der Waals surface area (Å²) < 4.78 is 2.01. The number of fused-ring (bicyclic) bond motifs is 1. The van der Waals surface area contributed by atoms with E-state index in [1.54, 1.807) is 19.2 Å². The number of carbonyl (C=O) groups is 1. The van der Waals surface area contributed by atoms with Crippen molar-refractivity contribution < 1.29 is 4.79 Å². The molecule has 0 atom stereocenters. The van der Waals surface area contributed by atoms with Crippen molar-refractivity contribution in [3.8, 4) is 11.3 Å². The molecule has 5 nitrogen and oxygen atoms in total. The van der Waals surface area contributed by atoms with Crippen molar-refractivity contribution in [2.24, 2.45) is 7.05 Å². The van der Waals surface area contributed by atoms with Gasteiger partial charge in [0.05, 0.1) is 5.69 Å². The molecule has 0 spiro atoms. The van der Waals surface area contributed by atoms with Crippen LogP contribution in [0, 0.1) is 0 Å². The van der Waals surface area contributed by atoms with Crippen molar-refractivity contribution in [2.75, 3.05) is 18.0 Å². The number of ketones is 1. The Morgan fingerprint density at radius 2 is 1.85 bits per heavy atom. The summed E-state index contributed by atoms with van der Waals surface area (Å²) in [7, 11) is 2.02. The van der Waals surface area contributed by atoms with Crippen LogP contribution in [0.2, 0.25) is 0 Å². The molecule has 1 aliphatic heterocycles. The number of rotatable bonds is 3. The Hall–Kier alpha value is -2.95. The first-order valence-electron chi connectivity index (χ1n) is 8.95. The summed E-state index contributed by atoms with van der Waals surface area (Å²) in [6.45, 7) is 3.33. The van der Waals surface area contributed by atoms with E-state index in [-0.39, 0.29) is 5.78 Å². The Morgan fingerprint density at radius 1 is 1.08 bits per heavy atom. The van der Waals surface area contributed by atoms with E-state index in [1.165, 1.54) is 11.3 Å². The minimum Gasteiger partial charge on any atom is -0.356 e. The van der Waals surface area contributed by atoms with Gasteiger partial charge in [-0.2, -0.15) is 5.10 Å². The Morgan fingerprint density at radius 3 is 2.62 bits per heavy atom. The molecule has 132 valence electrons. The van der Waals surface area contributed by atoms with Gasteiger partial charge in [0.25, 0.3) is 0 Å². The Balaban J connectivity index is 1.64. The van der Waals surface area contributed by atoms with Crippen molar-refractivity contribution in [1.82, 2.24) is 14.8 Å². The molecule has 0 bridgehead atoms. The lowest BCUT2D eigenvalue weighted by atomic mass is 10.0. The van der Waals surface area contributed by atoms with Crippen LogP contribution in [0.1, 0.15) is 28.5 Å². The lowest BCUT2D eigenvalue weighted by molar-refractivity contribution is 0.101. The summed E-state index contributed by atoms with van der Waals surface area (Å²) >= 11 is 0. The molecule has 4 rings (SSSR count). The molecule has 0 fully saturated rings. The standard InChI is InChI=1S/C21H22N4O/c1-15(26)17-8-11-22-20(14-17)25-12-9-18-19(10-13-25)24(2)23-21(18)16-6-4-3-5-7-16/h3-8,11,14H,9-10,12-13H2,1-2H3. The molecule has 0 saturated heterocycles. The van der Waals surface area contributed by atoms with Gasteiger partial charge in [0.2, 0.25) is 0 Å². The fraction of sp³-hybridized carbons (Fsp3) is 0.286. The van der Waals surface area contributed by atoms with Crippen LogP contribution >= 0.6 is 0 Å². The topological polar surface area (TPSA) is 51.0 Å². The maximum absolute atomic E-state index is 11.7. The number of hydrogen-bond acceptors (Lipinski definition) is 4. The minimum atomic E-state index is 0.0716. The highest BCUT2D eigenvalue weighted by atomic mass is 16.1. The van der Waals surface area contributed by atoms with E-state index in [1.807, 2.05) is 23.9 Å². The zero-order valence-corrected chi connectivity index (χ0v) is 15.1. The second-order valence-corrected chi connectivity index (χ2v) is 6.71. The molecule has 3 aromatic rings. The summed E-state index contributed by atoms with van der Waals surface area (Å²) in [4.78, 5) is 18.4. The predicted molar refractivity (Wildman–Crippen MR) is 103 cm³/mol. The Bertz CT molecular complexity index is 946. The smallest absolute Gasteiger partial charge is 0.159 e. The molecule has 0 amide bonds. The molecule has 26 heavy (non-hydrogen) atoms. The second kappa shape index (κ2) is 6.75. The van der Waals surface area contributed by atoms with Gasteiger partial charge in [0.1, 0.15) is 5.82 Å². The van der Waals surface area contributed by atoms with E-state index in [0.717, 1.165) is 43.0 Å². The highest BCUT2D eigenvalue weighted by Gasteiger charge is 2.23. The van der Waals surface area contributed by atoms with Crippen LogP contribution in [0.5, 0.6) is 0 Å². The van der Waals surface area contributed by atoms with E-state index >= 15 is 0 Å². The van der Waals surface area contributed by atoms with Crippen LogP contribution in [-0.2, 0) is 19.9 Å². The molecule has 5 heteroatoms. The van der Waals surface area contributed by atoms with Crippen LogP contribution in [0.15, 0.2) is 48.7 Å². The number of aromatic nitrogens is 3. The molecule has 0 aliphatic carbocycles. The van der Waals surface area contributed by atoms with Crippen molar-refractivity contribution in [3.05, 3.63) is 65.5 Å².